The predicted octanol–water partition coefficient (Wildman–Crippen LogP) is 4.26. The zero-order valence-corrected chi connectivity index (χ0v) is 10.4. The molecule has 0 fully saturated rings. The minimum atomic E-state index is -0.0944. The molecule has 0 bridgehead atoms. The molecule has 0 saturated heterocycles. The van der Waals surface area contributed by atoms with Crippen LogP contribution in [0, 0.1) is 0 Å². The van der Waals surface area contributed by atoms with Crippen LogP contribution in [0.25, 0.3) is 0 Å². The second kappa shape index (κ2) is 4.42. The largest absolute Gasteiger partial charge is 0.363 e. The Balaban J connectivity index is 2.24. The highest BCUT2D eigenvalue weighted by atomic mass is 16.5. The minimum Gasteiger partial charge on any atom is -0.363 e. The molecule has 0 N–H and O–H groups in total. The van der Waals surface area contributed by atoms with Gasteiger partial charge in [0.15, 0.2) is 0 Å². The molecule has 0 saturated carbocycles. The third-order valence-corrected chi connectivity index (χ3v) is 3.34. The molecule has 1 aromatic rings. The highest BCUT2D eigenvalue weighted by Gasteiger charge is 2.30. The summed E-state index contributed by atoms with van der Waals surface area (Å²) in [6, 6.07) is 10.5. The van der Waals surface area contributed by atoms with Crippen LogP contribution >= 0.6 is 0 Å². The number of benzene rings is 1. The van der Waals surface area contributed by atoms with Crippen molar-refractivity contribution in [2.45, 2.75) is 45.3 Å². The third-order valence-electron chi connectivity index (χ3n) is 3.34. The fourth-order valence-electron chi connectivity index (χ4n) is 2.31. The van der Waals surface area contributed by atoms with Crippen molar-refractivity contribution >= 4 is 0 Å². The average Bonchev–Trinajstić information content (AvgIpc) is 2.29. The van der Waals surface area contributed by atoms with Crippen LogP contribution in [0.2, 0.25) is 0 Å². The van der Waals surface area contributed by atoms with Gasteiger partial charge >= 0.3 is 0 Å². The van der Waals surface area contributed by atoms with Gasteiger partial charge in [-0.25, -0.2) is 0 Å². The standard InChI is InChI=1S/C15H20O/c1-4-15(3)11-12(2)10-14(16-15)13-8-6-5-7-9-13/h5-9,11,14H,4,10H2,1-3H3/t14-,15-/m1/s1. The fraction of sp³-hybridized carbons (Fsp3) is 0.467. The van der Waals surface area contributed by atoms with Crippen LogP contribution in [-0.2, 0) is 4.74 Å². The number of rotatable bonds is 2. The molecule has 0 spiro atoms. The van der Waals surface area contributed by atoms with Gasteiger partial charge in [-0.05, 0) is 32.3 Å². The van der Waals surface area contributed by atoms with Crippen molar-refractivity contribution in [3.63, 3.8) is 0 Å². The van der Waals surface area contributed by atoms with Crippen molar-refractivity contribution in [1.29, 1.82) is 0 Å². The molecule has 1 aliphatic rings. The summed E-state index contributed by atoms with van der Waals surface area (Å²) in [4.78, 5) is 0. The Kier molecular flexibility index (Phi) is 3.15. The second-order valence-electron chi connectivity index (χ2n) is 4.88. The number of ether oxygens (including phenoxy) is 1. The Morgan fingerprint density at radius 3 is 2.62 bits per heavy atom. The maximum atomic E-state index is 6.20. The lowest BCUT2D eigenvalue weighted by molar-refractivity contribution is -0.0661. The van der Waals surface area contributed by atoms with Crippen LogP contribution in [0.5, 0.6) is 0 Å². The number of hydrogen-bond donors (Lipinski definition) is 0. The van der Waals surface area contributed by atoms with Gasteiger partial charge in [-0.3, -0.25) is 0 Å². The third kappa shape index (κ3) is 2.35. The van der Waals surface area contributed by atoms with E-state index in [-0.39, 0.29) is 11.7 Å². The van der Waals surface area contributed by atoms with Gasteiger partial charge in [0.2, 0.25) is 0 Å². The first-order valence-electron chi connectivity index (χ1n) is 6.04. The molecule has 1 heteroatoms. The monoisotopic (exact) mass is 216 g/mol. The molecule has 0 aromatic heterocycles. The van der Waals surface area contributed by atoms with Crippen molar-refractivity contribution in [3.05, 3.63) is 47.5 Å². The molecule has 2 rings (SSSR count). The van der Waals surface area contributed by atoms with E-state index in [4.69, 9.17) is 4.74 Å². The zero-order valence-electron chi connectivity index (χ0n) is 10.4. The molecule has 16 heavy (non-hydrogen) atoms. The molecule has 1 aromatic carbocycles. The zero-order chi connectivity index (χ0) is 11.6. The van der Waals surface area contributed by atoms with Gasteiger partial charge in [0.05, 0.1) is 11.7 Å². The van der Waals surface area contributed by atoms with E-state index in [1.807, 2.05) is 6.07 Å². The SMILES string of the molecule is CC[C@]1(C)C=C(C)C[C@H](c2ccccc2)O1. The Hall–Kier alpha value is -1.08. The van der Waals surface area contributed by atoms with Crippen molar-refractivity contribution in [3.8, 4) is 0 Å². The fourth-order valence-corrected chi connectivity index (χ4v) is 2.31. The van der Waals surface area contributed by atoms with E-state index in [9.17, 15) is 0 Å². The van der Waals surface area contributed by atoms with Crippen LogP contribution in [-0.4, -0.2) is 5.60 Å². The molecule has 1 aliphatic heterocycles. The van der Waals surface area contributed by atoms with Gasteiger partial charge in [0.25, 0.3) is 0 Å². The molecule has 1 heterocycles. The molecule has 0 aliphatic carbocycles. The minimum absolute atomic E-state index is 0.0944. The van der Waals surface area contributed by atoms with E-state index in [1.54, 1.807) is 0 Å². The summed E-state index contributed by atoms with van der Waals surface area (Å²) >= 11 is 0. The molecule has 0 amide bonds. The smallest absolute Gasteiger partial charge is 0.0873 e. The molecule has 0 radical (unpaired) electrons. The van der Waals surface area contributed by atoms with Gasteiger partial charge in [0, 0.05) is 0 Å². The van der Waals surface area contributed by atoms with Gasteiger partial charge in [-0.1, -0.05) is 48.9 Å². The van der Waals surface area contributed by atoms with Crippen molar-refractivity contribution in [2.24, 2.45) is 0 Å². The summed E-state index contributed by atoms with van der Waals surface area (Å²) in [5.74, 6) is 0. The Morgan fingerprint density at radius 1 is 1.31 bits per heavy atom. The molecular weight excluding hydrogens is 196 g/mol. The first-order chi connectivity index (χ1) is 7.63. The van der Waals surface area contributed by atoms with E-state index in [2.05, 4.69) is 51.1 Å². The average molecular weight is 216 g/mol. The van der Waals surface area contributed by atoms with Gasteiger partial charge in [-0.2, -0.15) is 0 Å². The molecule has 2 atom stereocenters. The van der Waals surface area contributed by atoms with E-state index in [0.29, 0.717) is 0 Å². The first-order valence-corrected chi connectivity index (χ1v) is 6.04. The Labute approximate surface area is 98.1 Å². The molecule has 86 valence electrons. The predicted molar refractivity (Wildman–Crippen MR) is 67.3 cm³/mol. The van der Waals surface area contributed by atoms with Crippen molar-refractivity contribution in [2.75, 3.05) is 0 Å². The van der Waals surface area contributed by atoms with Crippen LogP contribution in [0.4, 0.5) is 0 Å². The van der Waals surface area contributed by atoms with Crippen molar-refractivity contribution < 1.29 is 4.74 Å². The van der Waals surface area contributed by atoms with Crippen LogP contribution < -0.4 is 0 Å². The lowest BCUT2D eigenvalue weighted by Crippen LogP contribution is -2.31. The summed E-state index contributed by atoms with van der Waals surface area (Å²) < 4.78 is 6.20. The van der Waals surface area contributed by atoms with Gasteiger partial charge in [0.1, 0.15) is 0 Å². The van der Waals surface area contributed by atoms with Gasteiger partial charge < -0.3 is 4.74 Å². The normalized spacial score (nSPS) is 29.9. The summed E-state index contributed by atoms with van der Waals surface area (Å²) in [7, 11) is 0. The lowest BCUT2D eigenvalue weighted by Gasteiger charge is -2.36. The van der Waals surface area contributed by atoms with E-state index < -0.39 is 0 Å². The Morgan fingerprint density at radius 2 is 2.00 bits per heavy atom. The van der Waals surface area contributed by atoms with E-state index in [0.717, 1.165) is 12.8 Å². The Bertz CT molecular complexity index is 380. The van der Waals surface area contributed by atoms with Crippen LogP contribution in [0.15, 0.2) is 42.0 Å². The van der Waals surface area contributed by atoms with Crippen molar-refractivity contribution in [1.82, 2.24) is 0 Å². The first kappa shape index (κ1) is 11.4. The van der Waals surface area contributed by atoms with E-state index >= 15 is 0 Å². The molecule has 1 nitrogen and oxygen atoms in total. The summed E-state index contributed by atoms with van der Waals surface area (Å²) in [5.41, 5.74) is 2.63. The van der Waals surface area contributed by atoms with E-state index in [1.165, 1.54) is 11.1 Å². The molecule has 0 unspecified atom stereocenters. The van der Waals surface area contributed by atoms with Gasteiger partial charge in [-0.15, -0.1) is 0 Å². The lowest BCUT2D eigenvalue weighted by atomic mass is 9.91. The molecular formula is C15H20O. The van der Waals surface area contributed by atoms with Crippen LogP contribution in [0.1, 0.15) is 45.3 Å². The summed E-state index contributed by atoms with van der Waals surface area (Å²) in [5, 5.41) is 0. The van der Waals surface area contributed by atoms with Crippen LogP contribution in [0.3, 0.4) is 0 Å². The maximum Gasteiger partial charge on any atom is 0.0873 e. The highest BCUT2D eigenvalue weighted by Crippen LogP contribution is 2.37. The summed E-state index contributed by atoms with van der Waals surface area (Å²) in [6.07, 6.45) is 4.52. The highest BCUT2D eigenvalue weighted by molar-refractivity contribution is 5.23. The number of hydrogen-bond acceptors (Lipinski definition) is 1. The summed E-state index contributed by atoms with van der Waals surface area (Å²) in [6.45, 7) is 6.55. The topological polar surface area (TPSA) is 9.23 Å². The quantitative estimate of drug-likeness (QED) is 0.671. The maximum absolute atomic E-state index is 6.20. The second-order valence-corrected chi connectivity index (χ2v) is 4.88.